The van der Waals surface area contributed by atoms with Gasteiger partial charge < -0.3 is 15.0 Å². The molecule has 0 saturated carbocycles. The molecule has 0 aliphatic carbocycles. The fraction of sp³-hybridized carbons (Fsp3) is 0.105. The highest BCUT2D eigenvalue weighted by atomic mass is 32.2. The topological polar surface area (TPSA) is 85.4 Å². The fourth-order valence-electron chi connectivity index (χ4n) is 2.66. The average Bonchev–Trinajstić information content (AvgIpc) is 2.61. The number of aromatic nitrogens is 1. The molecule has 0 aliphatic rings. The van der Waals surface area contributed by atoms with Crippen LogP contribution in [0.2, 0.25) is 0 Å². The van der Waals surface area contributed by atoms with E-state index >= 15 is 0 Å². The van der Waals surface area contributed by atoms with Gasteiger partial charge in [-0.3, -0.25) is 0 Å². The number of benzene rings is 2. The standard InChI is InChI=1S/C19H15F3N2O3S/c20-19(21,22)27-16-3-1-2-14(8-16)17-9-15(10-24-18(17)23)13-6-4-12(5-7-13)11-28(25)26/h1-10H,11H2,(H2,23,24)(H,25,26). The monoisotopic (exact) mass is 408 g/mol. The highest BCUT2D eigenvalue weighted by Gasteiger charge is 2.31. The van der Waals surface area contributed by atoms with Crippen molar-refractivity contribution < 1.29 is 26.7 Å². The van der Waals surface area contributed by atoms with Gasteiger partial charge in [-0.25, -0.2) is 9.19 Å². The zero-order valence-corrected chi connectivity index (χ0v) is 15.1. The fourth-order valence-corrected chi connectivity index (χ4v) is 3.14. The van der Waals surface area contributed by atoms with Crippen molar-refractivity contribution in [2.45, 2.75) is 12.1 Å². The molecule has 1 aromatic heterocycles. The zero-order valence-electron chi connectivity index (χ0n) is 14.3. The summed E-state index contributed by atoms with van der Waals surface area (Å²) < 4.78 is 61.2. The van der Waals surface area contributed by atoms with Crippen molar-refractivity contribution >= 4 is 16.9 Å². The van der Waals surface area contributed by atoms with Gasteiger partial charge in [0, 0.05) is 17.3 Å². The van der Waals surface area contributed by atoms with E-state index in [1.807, 2.05) is 0 Å². The van der Waals surface area contributed by atoms with Crippen molar-refractivity contribution in [2.75, 3.05) is 5.73 Å². The normalized spacial score (nSPS) is 12.6. The Bertz CT molecular complexity index is 1010. The van der Waals surface area contributed by atoms with Crippen molar-refractivity contribution in [3.63, 3.8) is 0 Å². The van der Waals surface area contributed by atoms with Gasteiger partial charge in [0.15, 0.2) is 11.1 Å². The molecule has 146 valence electrons. The van der Waals surface area contributed by atoms with Gasteiger partial charge in [0.05, 0.1) is 5.75 Å². The molecule has 0 bridgehead atoms. The lowest BCUT2D eigenvalue weighted by atomic mass is 10.0. The average molecular weight is 408 g/mol. The van der Waals surface area contributed by atoms with Crippen LogP contribution in [0.3, 0.4) is 0 Å². The summed E-state index contributed by atoms with van der Waals surface area (Å²) in [6, 6.07) is 14.2. The van der Waals surface area contributed by atoms with Crippen LogP contribution in [0, 0.1) is 0 Å². The molecule has 0 aliphatic heterocycles. The quantitative estimate of drug-likeness (QED) is 0.602. The first kappa shape index (κ1) is 19.8. The summed E-state index contributed by atoms with van der Waals surface area (Å²) in [5.41, 5.74) is 8.99. The van der Waals surface area contributed by atoms with E-state index in [2.05, 4.69) is 9.72 Å². The van der Waals surface area contributed by atoms with E-state index < -0.39 is 17.4 Å². The molecular weight excluding hydrogens is 393 g/mol. The maximum absolute atomic E-state index is 12.5. The Hall–Kier alpha value is -2.91. The molecule has 2 aromatic carbocycles. The molecule has 1 atom stereocenters. The third-order valence-electron chi connectivity index (χ3n) is 3.87. The molecule has 0 spiro atoms. The summed E-state index contributed by atoms with van der Waals surface area (Å²) in [6.07, 6.45) is -3.24. The summed E-state index contributed by atoms with van der Waals surface area (Å²) >= 11 is -1.93. The van der Waals surface area contributed by atoms with Gasteiger partial charge in [0.1, 0.15) is 11.6 Å². The molecule has 1 heterocycles. The highest BCUT2D eigenvalue weighted by molar-refractivity contribution is 7.78. The smallest absolute Gasteiger partial charge is 0.406 e. The lowest BCUT2D eigenvalue weighted by Crippen LogP contribution is -2.17. The molecule has 3 aromatic rings. The number of ether oxygens (including phenoxy) is 1. The van der Waals surface area contributed by atoms with Crippen molar-refractivity contribution in [3.05, 3.63) is 66.4 Å². The van der Waals surface area contributed by atoms with E-state index in [9.17, 15) is 17.4 Å². The van der Waals surface area contributed by atoms with E-state index in [1.54, 1.807) is 42.6 Å². The van der Waals surface area contributed by atoms with E-state index in [4.69, 9.17) is 10.3 Å². The minimum atomic E-state index is -4.79. The maximum Gasteiger partial charge on any atom is 0.573 e. The first-order chi connectivity index (χ1) is 13.2. The van der Waals surface area contributed by atoms with Gasteiger partial charge in [-0.05, 0) is 34.9 Å². The molecule has 1 unspecified atom stereocenters. The van der Waals surface area contributed by atoms with Crippen LogP contribution in [0.4, 0.5) is 19.0 Å². The SMILES string of the molecule is Nc1ncc(-c2ccc(CS(=O)O)cc2)cc1-c1cccc(OC(F)(F)F)c1. The minimum Gasteiger partial charge on any atom is -0.406 e. The number of alkyl halides is 3. The molecule has 28 heavy (non-hydrogen) atoms. The molecule has 0 amide bonds. The van der Waals surface area contributed by atoms with Crippen LogP contribution in [-0.4, -0.2) is 20.1 Å². The second kappa shape index (κ2) is 7.99. The Balaban J connectivity index is 1.94. The largest absolute Gasteiger partial charge is 0.573 e. The number of nitrogens with zero attached hydrogens (tertiary/aromatic N) is 1. The number of hydrogen-bond donors (Lipinski definition) is 2. The first-order valence-electron chi connectivity index (χ1n) is 8.00. The Kier molecular flexibility index (Phi) is 5.66. The highest BCUT2D eigenvalue weighted by Crippen LogP contribution is 2.33. The lowest BCUT2D eigenvalue weighted by Gasteiger charge is -2.12. The summed E-state index contributed by atoms with van der Waals surface area (Å²) in [5.74, 6) is -0.159. The lowest BCUT2D eigenvalue weighted by molar-refractivity contribution is -0.274. The van der Waals surface area contributed by atoms with Gasteiger partial charge in [0.2, 0.25) is 0 Å². The molecule has 0 radical (unpaired) electrons. The van der Waals surface area contributed by atoms with Crippen molar-refractivity contribution in [1.82, 2.24) is 4.98 Å². The number of anilines is 1. The third-order valence-corrected chi connectivity index (χ3v) is 4.45. The van der Waals surface area contributed by atoms with Crippen LogP contribution >= 0.6 is 0 Å². The first-order valence-corrected chi connectivity index (χ1v) is 9.27. The van der Waals surface area contributed by atoms with Crippen LogP contribution < -0.4 is 10.5 Å². The summed E-state index contributed by atoms with van der Waals surface area (Å²) in [5, 5.41) is 0. The predicted molar refractivity (Wildman–Crippen MR) is 101 cm³/mol. The summed E-state index contributed by atoms with van der Waals surface area (Å²) in [6.45, 7) is 0. The molecule has 9 heteroatoms. The van der Waals surface area contributed by atoms with Crippen LogP contribution in [-0.2, 0) is 16.8 Å². The second-order valence-corrected chi connectivity index (χ2v) is 6.83. The number of nitrogen functional groups attached to an aromatic ring is 1. The van der Waals surface area contributed by atoms with Gasteiger partial charge in [0.25, 0.3) is 0 Å². The Morgan fingerprint density at radius 2 is 1.75 bits per heavy atom. The van der Waals surface area contributed by atoms with Gasteiger partial charge in [-0.1, -0.05) is 36.4 Å². The number of rotatable bonds is 5. The summed E-state index contributed by atoms with van der Waals surface area (Å²) in [4.78, 5) is 4.13. The van der Waals surface area contributed by atoms with Crippen LogP contribution in [0.5, 0.6) is 5.75 Å². The van der Waals surface area contributed by atoms with E-state index in [0.717, 1.165) is 5.56 Å². The third kappa shape index (κ3) is 5.08. The Morgan fingerprint density at radius 1 is 1.04 bits per heavy atom. The molecule has 3 rings (SSSR count). The zero-order chi connectivity index (χ0) is 20.3. The van der Waals surface area contributed by atoms with Crippen molar-refractivity contribution in [1.29, 1.82) is 0 Å². The van der Waals surface area contributed by atoms with E-state index in [1.165, 1.54) is 18.2 Å². The van der Waals surface area contributed by atoms with E-state index in [-0.39, 0.29) is 17.3 Å². The molecule has 3 N–H and O–H groups in total. The van der Waals surface area contributed by atoms with Crippen molar-refractivity contribution in [3.8, 4) is 28.0 Å². The number of halogens is 3. The molecular formula is C19H15F3N2O3S. The van der Waals surface area contributed by atoms with Crippen LogP contribution in [0.25, 0.3) is 22.3 Å². The second-order valence-electron chi connectivity index (χ2n) is 5.90. The predicted octanol–water partition coefficient (Wildman–Crippen LogP) is 4.62. The molecule has 0 saturated heterocycles. The number of nitrogens with two attached hydrogens (primary N) is 1. The van der Waals surface area contributed by atoms with Crippen molar-refractivity contribution in [2.24, 2.45) is 0 Å². The Labute approximate surface area is 161 Å². The number of pyridine rings is 1. The van der Waals surface area contributed by atoms with Crippen LogP contribution in [0.1, 0.15) is 5.56 Å². The molecule has 0 fully saturated rings. The minimum absolute atomic E-state index is 0.0253. The van der Waals surface area contributed by atoms with Gasteiger partial charge in [-0.15, -0.1) is 13.2 Å². The van der Waals surface area contributed by atoms with E-state index in [0.29, 0.717) is 22.3 Å². The Morgan fingerprint density at radius 3 is 2.39 bits per heavy atom. The maximum atomic E-state index is 12.5. The van der Waals surface area contributed by atoms with Gasteiger partial charge >= 0.3 is 6.36 Å². The summed E-state index contributed by atoms with van der Waals surface area (Å²) in [7, 11) is 0. The number of hydrogen-bond acceptors (Lipinski definition) is 4. The van der Waals surface area contributed by atoms with Crippen LogP contribution in [0.15, 0.2) is 60.8 Å². The van der Waals surface area contributed by atoms with Gasteiger partial charge in [-0.2, -0.15) is 0 Å². The molecule has 5 nitrogen and oxygen atoms in total.